The average Bonchev–Trinajstić information content (AvgIpc) is 2.42. The number of rotatable bonds is 4. The van der Waals surface area contributed by atoms with Crippen molar-refractivity contribution in [3.63, 3.8) is 0 Å². The quantitative estimate of drug-likeness (QED) is 0.814. The summed E-state index contributed by atoms with van der Waals surface area (Å²) >= 11 is 3.28. The van der Waals surface area contributed by atoms with E-state index in [-0.39, 0.29) is 11.3 Å². The highest BCUT2D eigenvalue weighted by molar-refractivity contribution is 9.08. The molecule has 4 nitrogen and oxygen atoms in total. The highest BCUT2D eigenvalue weighted by atomic mass is 79.9. The number of nitrogens with zero attached hydrogens (tertiary/aromatic N) is 2. The average molecular weight is 309 g/mol. The van der Waals surface area contributed by atoms with Crippen molar-refractivity contribution >= 4 is 15.9 Å². The van der Waals surface area contributed by atoms with Crippen LogP contribution < -0.4 is 10.3 Å². The van der Waals surface area contributed by atoms with Gasteiger partial charge in [0.1, 0.15) is 12.4 Å². The maximum atomic E-state index is 11.9. The zero-order valence-electron chi connectivity index (χ0n) is 9.97. The number of alkyl halides is 1. The summed E-state index contributed by atoms with van der Waals surface area (Å²) in [6.45, 7) is 0.366. The minimum atomic E-state index is -0.171. The molecule has 0 aliphatic heterocycles. The molecular formula is C13H13BrN2O2. The van der Waals surface area contributed by atoms with Crippen molar-refractivity contribution in [3.8, 4) is 5.75 Å². The fourth-order valence-electron chi connectivity index (χ4n) is 1.52. The summed E-state index contributed by atoms with van der Waals surface area (Å²) in [7, 11) is 1.68. The molecule has 0 aliphatic rings. The molecule has 0 bridgehead atoms. The van der Waals surface area contributed by atoms with Crippen LogP contribution in [0.4, 0.5) is 0 Å². The third-order valence-corrected chi connectivity index (χ3v) is 3.09. The predicted octanol–water partition coefficient (Wildman–Crippen LogP) is 2.25. The third-order valence-electron chi connectivity index (χ3n) is 2.59. The van der Waals surface area contributed by atoms with Crippen LogP contribution in [0.25, 0.3) is 0 Å². The van der Waals surface area contributed by atoms with E-state index in [1.807, 2.05) is 30.3 Å². The Morgan fingerprint density at radius 1 is 1.33 bits per heavy atom. The van der Waals surface area contributed by atoms with Gasteiger partial charge in [-0.2, -0.15) is 0 Å². The molecule has 94 valence electrons. The second-order valence-electron chi connectivity index (χ2n) is 3.81. The van der Waals surface area contributed by atoms with E-state index in [9.17, 15) is 4.79 Å². The van der Waals surface area contributed by atoms with Crippen LogP contribution in [-0.4, -0.2) is 9.55 Å². The van der Waals surface area contributed by atoms with Gasteiger partial charge in [0.25, 0.3) is 5.56 Å². The van der Waals surface area contributed by atoms with Gasteiger partial charge in [-0.05, 0) is 5.56 Å². The van der Waals surface area contributed by atoms with E-state index in [2.05, 4.69) is 20.9 Å². The van der Waals surface area contributed by atoms with Crippen LogP contribution in [0.2, 0.25) is 0 Å². The molecule has 0 aliphatic carbocycles. The SMILES string of the molecule is Cn1c(CBr)ncc(OCc2ccccc2)c1=O. The first-order chi connectivity index (χ1) is 8.72. The molecule has 1 aromatic carbocycles. The molecular weight excluding hydrogens is 296 g/mol. The molecule has 5 heteroatoms. The molecule has 0 fully saturated rings. The molecule has 0 N–H and O–H groups in total. The van der Waals surface area contributed by atoms with Crippen LogP contribution in [0.3, 0.4) is 0 Å². The van der Waals surface area contributed by atoms with Crippen LogP contribution in [0.15, 0.2) is 41.3 Å². The van der Waals surface area contributed by atoms with Crippen molar-refractivity contribution in [3.05, 3.63) is 58.3 Å². The molecule has 0 amide bonds. The second kappa shape index (κ2) is 5.82. The molecule has 1 heterocycles. The van der Waals surface area contributed by atoms with Gasteiger partial charge in [-0.25, -0.2) is 4.98 Å². The normalized spacial score (nSPS) is 10.3. The van der Waals surface area contributed by atoms with Crippen LogP contribution in [-0.2, 0) is 19.0 Å². The standard InChI is InChI=1S/C13H13BrN2O2/c1-16-12(7-14)15-8-11(13(16)17)18-9-10-5-3-2-4-6-10/h2-6,8H,7,9H2,1H3. The summed E-state index contributed by atoms with van der Waals surface area (Å²) in [5.41, 5.74) is 0.847. The number of hydrogen-bond donors (Lipinski definition) is 0. The molecule has 0 spiro atoms. The Hall–Kier alpha value is -1.62. The number of benzene rings is 1. The topological polar surface area (TPSA) is 44.1 Å². The lowest BCUT2D eigenvalue weighted by Crippen LogP contribution is -2.23. The van der Waals surface area contributed by atoms with Gasteiger partial charge in [0.05, 0.1) is 11.5 Å². The lowest BCUT2D eigenvalue weighted by molar-refractivity contribution is 0.297. The molecule has 0 saturated heterocycles. The van der Waals surface area contributed by atoms with Gasteiger partial charge in [0.15, 0.2) is 0 Å². The van der Waals surface area contributed by atoms with Gasteiger partial charge in [-0.3, -0.25) is 9.36 Å². The summed E-state index contributed by atoms with van der Waals surface area (Å²) in [6, 6.07) is 9.70. The minimum Gasteiger partial charge on any atom is -0.482 e. The van der Waals surface area contributed by atoms with E-state index >= 15 is 0 Å². The molecule has 18 heavy (non-hydrogen) atoms. The summed E-state index contributed by atoms with van der Waals surface area (Å²) in [5, 5.41) is 0.539. The Labute approximate surface area is 113 Å². The van der Waals surface area contributed by atoms with Crippen molar-refractivity contribution in [2.75, 3.05) is 0 Å². The highest BCUT2D eigenvalue weighted by Gasteiger charge is 2.07. The van der Waals surface area contributed by atoms with Crippen LogP contribution >= 0.6 is 15.9 Å². The first-order valence-electron chi connectivity index (χ1n) is 5.50. The zero-order chi connectivity index (χ0) is 13.0. The first kappa shape index (κ1) is 12.8. The Bertz CT molecular complexity index is 581. The highest BCUT2D eigenvalue weighted by Crippen LogP contribution is 2.07. The Morgan fingerprint density at radius 2 is 2.06 bits per heavy atom. The van der Waals surface area contributed by atoms with Gasteiger partial charge >= 0.3 is 0 Å². The molecule has 0 unspecified atom stereocenters. The van der Waals surface area contributed by atoms with Crippen molar-refractivity contribution in [2.45, 2.75) is 11.9 Å². The molecule has 2 rings (SSSR count). The fraction of sp³-hybridized carbons (Fsp3) is 0.231. The van der Waals surface area contributed by atoms with E-state index in [4.69, 9.17) is 4.74 Å². The van der Waals surface area contributed by atoms with Crippen LogP contribution in [0, 0.1) is 0 Å². The maximum Gasteiger partial charge on any atom is 0.295 e. The van der Waals surface area contributed by atoms with Gasteiger partial charge < -0.3 is 4.74 Å². The third kappa shape index (κ3) is 2.79. The van der Waals surface area contributed by atoms with Crippen molar-refractivity contribution in [1.29, 1.82) is 0 Å². The van der Waals surface area contributed by atoms with E-state index in [0.717, 1.165) is 5.56 Å². The first-order valence-corrected chi connectivity index (χ1v) is 6.62. The maximum absolute atomic E-state index is 11.9. The fourth-order valence-corrected chi connectivity index (χ4v) is 2.04. The molecule has 1 aromatic heterocycles. The smallest absolute Gasteiger partial charge is 0.295 e. The Balaban J connectivity index is 2.16. The summed E-state index contributed by atoms with van der Waals surface area (Å²) in [5.74, 6) is 0.943. The number of hydrogen-bond acceptors (Lipinski definition) is 3. The monoisotopic (exact) mass is 308 g/mol. The number of aromatic nitrogens is 2. The zero-order valence-corrected chi connectivity index (χ0v) is 11.6. The second-order valence-corrected chi connectivity index (χ2v) is 4.37. The van der Waals surface area contributed by atoms with Crippen molar-refractivity contribution < 1.29 is 4.74 Å². The summed E-state index contributed by atoms with van der Waals surface area (Å²) in [4.78, 5) is 16.1. The van der Waals surface area contributed by atoms with E-state index in [0.29, 0.717) is 17.8 Å². The Kier molecular flexibility index (Phi) is 4.15. The minimum absolute atomic E-state index is 0.171. The predicted molar refractivity (Wildman–Crippen MR) is 72.9 cm³/mol. The van der Waals surface area contributed by atoms with E-state index < -0.39 is 0 Å². The molecule has 2 aromatic rings. The van der Waals surface area contributed by atoms with Crippen LogP contribution in [0.1, 0.15) is 11.4 Å². The number of halogens is 1. The number of ether oxygens (including phenoxy) is 1. The van der Waals surface area contributed by atoms with Crippen molar-refractivity contribution in [1.82, 2.24) is 9.55 Å². The molecule has 0 atom stereocenters. The Morgan fingerprint density at radius 3 is 2.72 bits per heavy atom. The van der Waals surface area contributed by atoms with Gasteiger partial charge in [-0.1, -0.05) is 46.3 Å². The largest absolute Gasteiger partial charge is 0.482 e. The van der Waals surface area contributed by atoms with Crippen LogP contribution in [0.5, 0.6) is 5.75 Å². The van der Waals surface area contributed by atoms with Gasteiger partial charge in [-0.15, -0.1) is 0 Å². The lowest BCUT2D eigenvalue weighted by atomic mass is 10.2. The van der Waals surface area contributed by atoms with E-state index in [1.54, 1.807) is 7.05 Å². The molecule has 0 saturated carbocycles. The molecule has 0 radical (unpaired) electrons. The van der Waals surface area contributed by atoms with Gasteiger partial charge in [0, 0.05) is 7.05 Å². The van der Waals surface area contributed by atoms with Gasteiger partial charge in [0.2, 0.25) is 5.75 Å². The summed E-state index contributed by atoms with van der Waals surface area (Å²) in [6.07, 6.45) is 1.47. The summed E-state index contributed by atoms with van der Waals surface area (Å²) < 4.78 is 6.97. The van der Waals surface area contributed by atoms with E-state index in [1.165, 1.54) is 10.8 Å². The lowest BCUT2D eigenvalue weighted by Gasteiger charge is -2.08. The van der Waals surface area contributed by atoms with Crippen molar-refractivity contribution in [2.24, 2.45) is 7.05 Å².